The Morgan fingerprint density at radius 3 is 2.57 bits per heavy atom. The SMILES string of the molecule is O=C(/C=C/c1ccc(OC(F)F)cc1)NCc1ccc(S(=O)(=O)N2CCOCC2)s1. The van der Waals surface area contributed by atoms with E-state index in [9.17, 15) is 22.0 Å². The van der Waals surface area contributed by atoms with Crippen LogP contribution < -0.4 is 10.1 Å². The monoisotopic (exact) mass is 458 g/mol. The fourth-order valence-electron chi connectivity index (χ4n) is 2.67. The van der Waals surface area contributed by atoms with E-state index in [-0.39, 0.29) is 22.4 Å². The van der Waals surface area contributed by atoms with Crippen molar-refractivity contribution >= 4 is 33.3 Å². The summed E-state index contributed by atoms with van der Waals surface area (Å²) >= 11 is 1.11. The highest BCUT2D eigenvalue weighted by molar-refractivity contribution is 7.91. The van der Waals surface area contributed by atoms with Crippen LogP contribution in [0, 0.1) is 0 Å². The Bertz CT molecular complexity index is 985. The second-order valence-corrected chi connectivity index (χ2v) is 9.57. The molecule has 7 nitrogen and oxygen atoms in total. The lowest BCUT2D eigenvalue weighted by Crippen LogP contribution is -2.40. The van der Waals surface area contributed by atoms with E-state index >= 15 is 0 Å². The van der Waals surface area contributed by atoms with Gasteiger partial charge in [0.25, 0.3) is 10.0 Å². The molecule has 0 spiro atoms. The summed E-state index contributed by atoms with van der Waals surface area (Å²) in [6, 6.07) is 9.06. The molecule has 1 aromatic carbocycles. The van der Waals surface area contributed by atoms with Gasteiger partial charge in [-0.3, -0.25) is 4.79 Å². The third-order valence-electron chi connectivity index (χ3n) is 4.17. The van der Waals surface area contributed by atoms with Crippen LogP contribution in [0.2, 0.25) is 0 Å². The molecule has 1 aromatic heterocycles. The first kappa shape index (κ1) is 22.3. The molecule has 1 amide bonds. The van der Waals surface area contributed by atoms with E-state index in [0.717, 1.165) is 11.3 Å². The second kappa shape index (κ2) is 10.1. The number of carbonyl (C=O) groups is 1. The van der Waals surface area contributed by atoms with Crippen LogP contribution in [0.25, 0.3) is 6.08 Å². The summed E-state index contributed by atoms with van der Waals surface area (Å²) in [7, 11) is -3.55. The third kappa shape index (κ3) is 6.08. The molecule has 11 heteroatoms. The number of hydrogen-bond acceptors (Lipinski definition) is 6. The molecule has 162 valence electrons. The third-order valence-corrected chi connectivity index (χ3v) is 7.62. The van der Waals surface area contributed by atoms with Gasteiger partial charge in [-0.15, -0.1) is 11.3 Å². The molecular formula is C19H20F2N2O5S2. The number of benzene rings is 1. The minimum Gasteiger partial charge on any atom is -0.435 e. The number of morpholine rings is 1. The molecule has 1 N–H and O–H groups in total. The zero-order valence-electron chi connectivity index (χ0n) is 15.8. The highest BCUT2D eigenvalue weighted by atomic mass is 32.2. The number of hydrogen-bond donors (Lipinski definition) is 1. The van der Waals surface area contributed by atoms with Gasteiger partial charge in [-0.1, -0.05) is 12.1 Å². The molecule has 0 unspecified atom stereocenters. The topological polar surface area (TPSA) is 84.9 Å². The number of halogens is 2. The van der Waals surface area contributed by atoms with Gasteiger partial charge in [0.1, 0.15) is 9.96 Å². The Kier molecular flexibility index (Phi) is 7.53. The molecular weight excluding hydrogens is 438 g/mol. The minimum absolute atomic E-state index is 0.0344. The standard InChI is InChI=1S/C19H20F2N2O5S2/c20-19(21)28-15-4-1-14(2-5-15)3-7-17(24)22-13-16-6-8-18(29-16)30(25,26)23-9-11-27-12-10-23/h1-8,19H,9-13H2,(H,22,24)/b7-3+. The summed E-state index contributed by atoms with van der Waals surface area (Å²) in [6.45, 7) is -1.30. The summed E-state index contributed by atoms with van der Waals surface area (Å²) in [4.78, 5) is 12.7. The summed E-state index contributed by atoms with van der Waals surface area (Å²) in [5.74, 6) is -0.332. The smallest absolute Gasteiger partial charge is 0.387 e. The second-order valence-electron chi connectivity index (χ2n) is 6.24. The molecule has 2 heterocycles. The first-order chi connectivity index (χ1) is 14.3. The number of carbonyl (C=O) groups excluding carboxylic acids is 1. The number of alkyl halides is 2. The number of thiophene rings is 1. The average molecular weight is 459 g/mol. The predicted octanol–water partition coefficient (Wildman–Crippen LogP) is 2.70. The zero-order chi connectivity index (χ0) is 21.6. The first-order valence-corrected chi connectivity index (χ1v) is 11.3. The van der Waals surface area contributed by atoms with Crippen molar-refractivity contribution in [2.45, 2.75) is 17.4 Å². The van der Waals surface area contributed by atoms with Gasteiger partial charge in [-0.25, -0.2) is 8.42 Å². The molecule has 0 aliphatic carbocycles. The van der Waals surface area contributed by atoms with Crippen molar-refractivity contribution in [1.29, 1.82) is 0 Å². The van der Waals surface area contributed by atoms with Crippen molar-refractivity contribution in [3.05, 3.63) is 52.9 Å². The first-order valence-electron chi connectivity index (χ1n) is 9.02. The van der Waals surface area contributed by atoms with Crippen LogP contribution in [-0.4, -0.2) is 51.5 Å². The number of amides is 1. The van der Waals surface area contributed by atoms with E-state index in [4.69, 9.17) is 4.74 Å². The van der Waals surface area contributed by atoms with Crippen LogP contribution >= 0.6 is 11.3 Å². The van der Waals surface area contributed by atoms with Crippen LogP contribution in [0.1, 0.15) is 10.4 Å². The molecule has 2 aromatic rings. The van der Waals surface area contributed by atoms with E-state index < -0.39 is 16.6 Å². The molecule has 1 aliphatic heterocycles. The van der Waals surface area contributed by atoms with Crippen LogP contribution in [0.15, 0.2) is 46.7 Å². The van der Waals surface area contributed by atoms with Crippen molar-refractivity contribution in [2.24, 2.45) is 0 Å². The predicted molar refractivity (Wildman–Crippen MR) is 108 cm³/mol. The molecule has 0 radical (unpaired) electrons. The van der Waals surface area contributed by atoms with Gasteiger partial charge in [-0.05, 0) is 35.9 Å². The normalized spacial score (nSPS) is 15.6. The van der Waals surface area contributed by atoms with E-state index in [0.29, 0.717) is 36.7 Å². The van der Waals surface area contributed by atoms with E-state index in [1.54, 1.807) is 18.2 Å². The van der Waals surface area contributed by atoms with Gasteiger partial charge in [0.2, 0.25) is 5.91 Å². The highest BCUT2D eigenvalue weighted by Gasteiger charge is 2.27. The fraction of sp³-hybridized carbons (Fsp3) is 0.316. The van der Waals surface area contributed by atoms with Crippen molar-refractivity contribution in [3.63, 3.8) is 0 Å². The Hall–Kier alpha value is -2.34. The van der Waals surface area contributed by atoms with E-state index in [1.807, 2.05) is 0 Å². The number of sulfonamides is 1. The van der Waals surface area contributed by atoms with Crippen LogP contribution in [0.5, 0.6) is 5.75 Å². The number of nitrogens with one attached hydrogen (secondary N) is 1. The summed E-state index contributed by atoms with van der Waals surface area (Å²) in [5, 5.41) is 2.68. The van der Waals surface area contributed by atoms with Crippen molar-refractivity contribution in [2.75, 3.05) is 26.3 Å². The van der Waals surface area contributed by atoms with Crippen molar-refractivity contribution in [3.8, 4) is 5.75 Å². The molecule has 0 atom stereocenters. The zero-order valence-corrected chi connectivity index (χ0v) is 17.4. The van der Waals surface area contributed by atoms with Gasteiger partial charge in [0.15, 0.2) is 0 Å². The maximum atomic E-state index is 12.6. The van der Waals surface area contributed by atoms with Crippen LogP contribution in [-0.2, 0) is 26.1 Å². The number of nitrogens with zero attached hydrogens (tertiary/aromatic N) is 1. The van der Waals surface area contributed by atoms with Crippen molar-refractivity contribution < 1.29 is 31.5 Å². The summed E-state index contributed by atoms with van der Waals surface area (Å²) in [5.41, 5.74) is 0.641. The van der Waals surface area contributed by atoms with Gasteiger partial charge < -0.3 is 14.8 Å². The minimum atomic E-state index is -3.55. The average Bonchev–Trinajstić information content (AvgIpc) is 3.22. The van der Waals surface area contributed by atoms with E-state index in [1.165, 1.54) is 34.7 Å². The van der Waals surface area contributed by atoms with Crippen LogP contribution in [0.3, 0.4) is 0 Å². The molecule has 0 saturated carbocycles. The lowest BCUT2D eigenvalue weighted by atomic mass is 10.2. The van der Waals surface area contributed by atoms with Crippen LogP contribution in [0.4, 0.5) is 8.78 Å². The van der Waals surface area contributed by atoms with Gasteiger partial charge in [0, 0.05) is 24.0 Å². The summed E-state index contributed by atoms with van der Waals surface area (Å²) < 4.78 is 60.6. The number of rotatable bonds is 8. The maximum absolute atomic E-state index is 12.6. The molecule has 0 bridgehead atoms. The Morgan fingerprint density at radius 1 is 1.20 bits per heavy atom. The molecule has 3 rings (SSSR count). The largest absolute Gasteiger partial charge is 0.435 e. The Labute approximate surface area is 177 Å². The van der Waals surface area contributed by atoms with Gasteiger partial charge in [0.05, 0.1) is 19.8 Å². The van der Waals surface area contributed by atoms with Gasteiger partial charge in [-0.2, -0.15) is 13.1 Å². The van der Waals surface area contributed by atoms with Crippen molar-refractivity contribution in [1.82, 2.24) is 9.62 Å². The number of ether oxygens (including phenoxy) is 2. The molecule has 30 heavy (non-hydrogen) atoms. The highest BCUT2D eigenvalue weighted by Crippen LogP contribution is 2.25. The Morgan fingerprint density at radius 2 is 1.90 bits per heavy atom. The Balaban J connectivity index is 1.52. The lowest BCUT2D eigenvalue weighted by Gasteiger charge is -2.25. The molecule has 1 saturated heterocycles. The molecule has 1 aliphatic rings. The fourth-order valence-corrected chi connectivity index (χ4v) is 5.53. The van der Waals surface area contributed by atoms with E-state index in [2.05, 4.69) is 10.1 Å². The quantitative estimate of drug-likeness (QED) is 0.615. The summed E-state index contributed by atoms with van der Waals surface area (Å²) in [6.07, 6.45) is 2.84. The molecule has 1 fully saturated rings. The maximum Gasteiger partial charge on any atom is 0.387 e. The lowest BCUT2D eigenvalue weighted by molar-refractivity contribution is -0.116. The van der Waals surface area contributed by atoms with Gasteiger partial charge >= 0.3 is 6.61 Å².